The Morgan fingerprint density at radius 2 is 1.94 bits per heavy atom. The van der Waals surface area contributed by atoms with Gasteiger partial charge in [0.25, 0.3) is 11.6 Å². The molecular formula is C9H10N2O4S. The summed E-state index contributed by atoms with van der Waals surface area (Å²) in [6.45, 7) is 0. The Bertz CT molecular complexity index is 519. The van der Waals surface area contributed by atoms with Gasteiger partial charge >= 0.3 is 0 Å². The van der Waals surface area contributed by atoms with Gasteiger partial charge in [0, 0.05) is 33.7 Å². The standard InChI is InChI=1S/C9H10N2O4S/c1-16(2,15)10-9(12)7-3-5-8(6-4-7)11(13)14/h3-6H,1H2,2H3,(H,10,12,15). The zero-order chi connectivity index (χ0) is 12.3. The Morgan fingerprint density at radius 3 is 2.31 bits per heavy atom. The van der Waals surface area contributed by atoms with Crippen molar-refractivity contribution in [3.05, 3.63) is 39.9 Å². The summed E-state index contributed by atoms with van der Waals surface area (Å²) in [7, 11) is -2.63. The van der Waals surface area contributed by atoms with Crippen LogP contribution in [0.2, 0.25) is 0 Å². The van der Waals surface area contributed by atoms with Gasteiger partial charge in [-0.1, -0.05) is 0 Å². The first-order valence-electron chi connectivity index (χ1n) is 4.18. The van der Waals surface area contributed by atoms with Crippen LogP contribution in [-0.4, -0.2) is 27.2 Å². The highest BCUT2D eigenvalue weighted by Gasteiger charge is 2.10. The van der Waals surface area contributed by atoms with Crippen LogP contribution in [-0.2, 0) is 9.71 Å². The molecule has 0 heterocycles. The normalized spacial score (nSPS) is 13.8. The molecule has 0 fully saturated rings. The summed E-state index contributed by atoms with van der Waals surface area (Å²) in [6, 6.07) is 4.99. The van der Waals surface area contributed by atoms with Crippen LogP contribution in [0.4, 0.5) is 5.69 Å². The predicted molar refractivity (Wildman–Crippen MR) is 61.8 cm³/mol. The van der Waals surface area contributed by atoms with E-state index in [4.69, 9.17) is 0 Å². The second-order valence-corrected chi connectivity index (χ2v) is 5.45. The molecule has 6 nitrogen and oxygen atoms in total. The maximum atomic E-state index is 11.4. The van der Waals surface area contributed by atoms with E-state index in [9.17, 15) is 19.1 Å². The van der Waals surface area contributed by atoms with Crippen molar-refractivity contribution in [2.45, 2.75) is 0 Å². The number of benzene rings is 1. The molecule has 0 radical (unpaired) electrons. The number of nitro benzene ring substituents is 1. The third-order valence-corrected chi connectivity index (χ3v) is 2.27. The molecule has 0 saturated carbocycles. The molecule has 0 spiro atoms. The average Bonchev–Trinajstić information content (AvgIpc) is 2.15. The average molecular weight is 242 g/mol. The van der Waals surface area contributed by atoms with Crippen LogP contribution < -0.4 is 4.72 Å². The summed E-state index contributed by atoms with van der Waals surface area (Å²) in [5.41, 5.74) is 0.0900. The highest BCUT2D eigenvalue weighted by molar-refractivity contribution is 7.98. The van der Waals surface area contributed by atoms with Gasteiger partial charge in [-0.25, -0.2) is 4.21 Å². The van der Waals surface area contributed by atoms with Crippen LogP contribution >= 0.6 is 0 Å². The van der Waals surface area contributed by atoms with Crippen LogP contribution in [0.5, 0.6) is 0 Å². The molecule has 0 aliphatic carbocycles. The molecule has 1 unspecified atom stereocenters. The molecule has 1 rings (SSSR count). The first kappa shape index (κ1) is 12.2. The lowest BCUT2D eigenvalue weighted by molar-refractivity contribution is -0.384. The molecule has 7 heteroatoms. The van der Waals surface area contributed by atoms with Gasteiger partial charge in [-0.05, 0) is 18.0 Å². The van der Waals surface area contributed by atoms with Crippen molar-refractivity contribution in [3.63, 3.8) is 0 Å². The highest BCUT2D eigenvalue weighted by atomic mass is 32.2. The molecular weight excluding hydrogens is 232 g/mol. The summed E-state index contributed by atoms with van der Waals surface area (Å²) < 4.78 is 13.4. The minimum Gasteiger partial charge on any atom is -0.279 e. The Morgan fingerprint density at radius 1 is 1.44 bits per heavy atom. The fraction of sp³-hybridized carbons (Fsp3) is 0.111. The zero-order valence-corrected chi connectivity index (χ0v) is 9.32. The molecule has 0 aromatic heterocycles. The van der Waals surface area contributed by atoms with Gasteiger partial charge < -0.3 is 0 Å². The highest BCUT2D eigenvalue weighted by Crippen LogP contribution is 2.11. The van der Waals surface area contributed by atoms with E-state index in [2.05, 4.69) is 10.6 Å². The number of amides is 1. The van der Waals surface area contributed by atoms with Gasteiger partial charge in [0.05, 0.1) is 4.92 Å². The number of carbonyl (C=O) groups is 1. The molecule has 0 aliphatic heterocycles. The molecule has 1 atom stereocenters. The summed E-state index contributed by atoms with van der Waals surface area (Å²) in [5.74, 6) is 2.70. The Hall–Kier alpha value is -1.89. The zero-order valence-electron chi connectivity index (χ0n) is 8.50. The van der Waals surface area contributed by atoms with Crippen molar-refractivity contribution in [1.82, 2.24) is 4.72 Å². The van der Waals surface area contributed by atoms with Crippen molar-refractivity contribution in [2.24, 2.45) is 0 Å². The van der Waals surface area contributed by atoms with Gasteiger partial charge in [-0.3, -0.25) is 19.6 Å². The third-order valence-electron chi connectivity index (χ3n) is 1.65. The van der Waals surface area contributed by atoms with Crippen LogP contribution in [0, 0.1) is 10.1 Å². The van der Waals surface area contributed by atoms with E-state index in [1.165, 1.54) is 30.5 Å². The summed E-state index contributed by atoms with van der Waals surface area (Å²) in [6.07, 6.45) is 1.29. The fourth-order valence-electron chi connectivity index (χ4n) is 0.990. The second kappa shape index (κ2) is 4.31. The number of rotatable bonds is 3. The van der Waals surface area contributed by atoms with Crippen molar-refractivity contribution in [2.75, 3.05) is 6.26 Å². The van der Waals surface area contributed by atoms with Crippen molar-refractivity contribution in [1.29, 1.82) is 0 Å². The number of nitro groups is 1. The topological polar surface area (TPSA) is 89.3 Å². The molecule has 1 aromatic carbocycles. The summed E-state index contributed by atoms with van der Waals surface area (Å²) >= 11 is 0. The van der Waals surface area contributed by atoms with Crippen molar-refractivity contribution < 1.29 is 13.9 Å². The smallest absolute Gasteiger partial charge is 0.269 e. The number of carbonyl (C=O) groups excluding carboxylic acids is 1. The Labute approximate surface area is 92.6 Å². The van der Waals surface area contributed by atoms with Crippen LogP contribution in [0.25, 0.3) is 0 Å². The maximum Gasteiger partial charge on any atom is 0.269 e. The van der Waals surface area contributed by atoms with Gasteiger partial charge in [0.2, 0.25) is 0 Å². The first-order valence-corrected chi connectivity index (χ1v) is 6.32. The van der Waals surface area contributed by atoms with Crippen molar-refractivity contribution >= 4 is 27.2 Å². The molecule has 16 heavy (non-hydrogen) atoms. The number of hydrogen-bond donors (Lipinski definition) is 1. The SMILES string of the molecule is C=S(C)(=O)NC(=O)c1ccc([N+](=O)[O-])cc1. The lowest BCUT2D eigenvalue weighted by Crippen LogP contribution is -2.29. The Kier molecular flexibility index (Phi) is 3.28. The molecule has 1 N–H and O–H groups in total. The quantitative estimate of drug-likeness (QED) is 0.477. The van der Waals surface area contributed by atoms with Gasteiger partial charge in [-0.2, -0.15) is 0 Å². The van der Waals surface area contributed by atoms with Crippen molar-refractivity contribution in [3.8, 4) is 0 Å². The number of non-ortho nitro benzene ring substituents is 1. The van der Waals surface area contributed by atoms with E-state index < -0.39 is 20.5 Å². The molecule has 86 valence electrons. The largest absolute Gasteiger partial charge is 0.279 e. The van der Waals surface area contributed by atoms with E-state index in [1.54, 1.807) is 0 Å². The van der Waals surface area contributed by atoms with Crippen LogP contribution in [0.15, 0.2) is 24.3 Å². The minimum atomic E-state index is -2.63. The van der Waals surface area contributed by atoms with Crippen LogP contribution in [0.1, 0.15) is 10.4 Å². The van der Waals surface area contributed by atoms with E-state index in [-0.39, 0.29) is 11.3 Å². The van der Waals surface area contributed by atoms with E-state index in [0.717, 1.165) is 0 Å². The lowest BCUT2D eigenvalue weighted by atomic mass is 10.2. The number of nitrogens with one attached hydrogen (secondary N) is 1. The van der Waals surface area contributed by atoms with E-state index in [0.29, 0.717) is 0 Å². The van der Waals surface area contributed by atoms with Crippen LogP contribution in [0.3, 0.4) is 0 Å². The molecule has 1 aromatic rings. The van der Waals surface area contributed by atoms with Gasteiger partial charge in [0.15, 0.2) is 0 Å². The summed E-state index contributed by atoms with van der Waals surface area (Å²) in [4.78, 5) is 21.2. The lowest BCUT2D eigenvalue weighted by Gasteiger charge is -2.05. The second-order valence-electron chi connectivity index (χ2n) is 3.24. The third kappa shape index (κ3) is 3.35. The molecule has 1 amide bonds. The molecule has 0 aliphatic rings. The van der Waals surface area contributed by atoms with Gasteiger partial charge in [0.1, 0.15) is 0 Å². The predicted octanol–water partition coefficient (Wildman–Crippen LogP) is 0.586. The minimum absolute atomic E-state index is 0.108. The van der Waals surface area contributed by atoms with Gasteiger partial charge in [-0.15, -0.1) is 0 Å². The molecule has 0 saturated heterocycles. The maximum absolute atomic E-state index is 11.4. The number of nitrogens with zero attached hydrogens (tertiary/aromatic N) is 1. The van der Waals surface area contributed by atoms with E-state index >= 15 is 0 Å². The summed E-state index contributed by atoms with van der Waals surface area (Å²) in [5, 5.41) is 10.4. The monoisotopic (exact) mass is 242 g/mol. The first-order chi connectivity index (χ1) is 7.29. The molecule has 0 bridgehead atoms. The number of hydrogen-bond acceptors (Lipinski definition) is 4. The fourth-order valence-corrected chi connectivity index (χ4v) is 1.50. The Balaban J connectivity index is 2.90. The van der Waals surface area contributed by atoms with E-state index in [1.807, 2.05) is 0 Å².